The van der Waals surface area contributed by atoms with Crippen LogP contribution in [-0.4, -0.2) is 30.1 Å². The van der Waals surface area contributed by atoms with Gasteiger partial charge in [-0.25, -0.2) is 0 Å². The summed E-state index contributed by atoms with van der Waals surface area (Å²) in [5, 5.41) is 3.53. The third-order valence-electron chi connectivity index (χ3n) is 4.26. The smallest absolute Gasteiger partial charge is 0.149 e. The van der Waals surface area contributed by atoms with Gasteiger partial charge in [-0.15, -0.1) is 0 Å². The van der Waals surface area contributed by atoms with Crippen molar-refractivity contribution >= 4 is 18.1 Å². The largest absolute Gasteiger partial charge is 0.384 e. The predicted molar refractivity (Wildman–Crippen MR) is 89.9 cm³/mol. The van der Waals surface area contributed by atoms with Gasteiger partial charge in [0.25, 0.3) is 0 Å². The maximum absolute atomic E-state index is 4.50. The summed E-state index contributed by atoms with van der Waals surface area (Å²) >= 11 is 0. The summed E-state index contributed by atoms with van der Waals surface area (Å²) in [6.07, 6.45) is 16.3. The van der Waals surface area contributed by atoms with Crippen molar-refractivity contribution in [3.8, 4) is 0 Å². The van der Waals surface area contributed by atoms with Crippen LogP contribution in [0.5, 0.6) is 0 Å². The highest BCUT2D eigenvalue weighted by molar-refractivity contribution is 5.86. The first kappa shape index (κ1) is 13.2. The van der Waals surface area contributed by atoms with Crippen molar-refractivity contribution in [1.29, 1.82) is 0 Å². The van der Waals surface area contributed by atoms with Crippen LogP contribution in [0.3, 0.4) is 0 Å². The van der Waals surface area contributed by atoms with E-state index in [9.17, 15) is 0 Å². The van der Waals surface area contributed by atoms with Crippen LogP contribution >= 0.6 is 0 Å². The van der Waals surface area contributed by atoms with Crippen LogP contribution in [0.1, 0.15) is 18.4 Å². The van der Waals surface area contributed by atoms with E-state index in [2.05, 4.69) is 38.5 Å². The molecule has 1 N–H and O–H groups in total. The summed E-state index contributed by atoms with van der Waals surface area (Å²) in [5.74, 6) is 0.287. The Labute approximate surface area is 130 Å². The lowest BCUT2D eigenvalue weighted by atomic mass is 9.92. The van der Waals surface area contributed by atoms with Crippen molar-refractivity contribution in [3.63, 3.8) is 0 Å². The molecule has 2 atom stereocenters. The van der Waals surface area contributed by atoms with Gasteiger partial charge in [0, 0.05) is 48.5 Å². The molecular formula is C18H18N4. The fourth-order valence-electron chi connectivity index (χ4n) is 3.17. The Balaban J connectivity index is 1.72. The monoisotopic (exact) mass is 290 g/mol. The third kappa shape index (κ3) is 2.41. The highest BCUT2D eigenvalue weighted by atomic mass is 15.0. The normalized spacial score (nSPS) is 28.1. The van der Waals surface area contributed by atoms with E-state index in [0.29, 0.717) is 0 Å². The molecule has 0 amide bonds. The fourth-order valence-corrected chi connectivity index (χ4v) is 3.17. The lowest BCUT2D eigenvalue weighted by molar-refractivity contribution is 0.624. The molecule has 1 aromatic heterocycles. The highest BCUT2D eigenvalue weighted by Crippen LogP contribution is 2.31. The molecular weight excluding hydrogens is 272 g/mol. The molecule has 3 aliphatic rings. The molecule has 0 fully saturated rings. The Morgan fingerprint density at radius 3 is 3.18 bits per heavy atom. The second-order valence-corrected chi connectivity index (χ2v) is 5.72. The van der Waals surface area contributed by atoms with E-state index in [4.69, 9.17) is 0 Å². The Kier molecular flexibility index (Phi) is 3.43. The number of dihydropyridines is 1. The molecule has 0 saturated carbocycles. The zero-order valence-electron chi connectivity index (χ0n) is 12.3. The van der Waals surface area contributed by atoms with Crippen molar-refractivity contribution in [1.82, 2.24) is 10.3 Å². The number of nitrogens with one attached hydrogen (secondary N) is 1. The minimum absolute atomic E-state index is 0.0373. The number of aromatic nitrogens is 1. The van der Waals surface area contributed by atoms with Crippen LogP contribution in [0.2, 0.25) is 0 Å². The molecule has 2 unspecified atom stereocenters. The van der Waals surface area contributed by atoms with Gasteiger partial charge in [-0.1, -0.05) is 12.2 Å². The van der Waals surface area contributed by atoms with Gasteiger partial charge in [0.15, 0.2) is 0 Å². The van der Waals surface area contributed by atoms with Crippen molar-refractivity contribution in [3.05, 3.63) is 59.5 Å². The second kappa shape index (κ2) is 5.72. The van der Waals surface area contributed by atoms with E-state index in [1.807, 2.05) is 37.0 Å². The zero-order chi connectivity index (χ0) is 14.8. The molecule has 4 heterocycles. The average Bonchev–Trinajstić information content (AvgIpc) is 2.99. The third-order valence-corrected chi connectivity index (χ3v) is 4.26. The van der Waals surface area contributed by atoms with Crippen molar-refractivity contribution in [2.24, 2.45) is 15.9 Å². The van der Waals surface area contributed by atoms with Gasteiger partial charge in [-0.2, -0.15) is 0 Å². The molecule has 4 nitrogen and oxygen atoms in total. The Hall–Kier alpha value is -2.49. The van der Waals surface area contributed by atoms with Crippen molar-refractivity contribution in [2.45, 2.75) is 19.0 Å². The first-order valence-electron chi connectivity index (χ1n) is 7.74. The average molecular weight is 290 g/mol. The topological polar surface area (TPSA) is 49.6 Å². The minimum atomic E-state index is 0.0373. The van der Waals surface area contributed by atoms with Crippen molar-refractivity contribution < 1.29 is 0 Å². The summed E-state index contributed by atoms with van der Waals surface area (Å²) in [6, 6.07) is 4.09. The molecule has 110 valence electrons. The SMILES string of the molecule is C1=CC2C(=CC3=C(c4cccnc4)NCCC3)C=NC2N=C1. The fraction of sp³-hybridized carbons (Fsp3) is 0.278. The molecule has 0 radical (unpaired) electrons. The number of hydrogen-bond donors (Lipinski definition) is 1. The Morgan fingerprint density at radius 2 is 2.27 bits per heavy atom. The number of pyridine rings is 1. The number of allylic oxidation sites excluding steroid dienone is 3. The van der Waals surface area contributed by atoms with Crippen LogP contribution in [0, 0.1) is 5.92 Å². The summed E-state index contributed by atoms with van der Waals surface area (Å²) in [7, 11) is 0. The minimum Gasteiger partial charge on any atom is -0.384 e. The van der Waals surface area contributed by atoms with E-state index in [1.54, 1.807) is 0 Å². The molecule has 4 rings (SSSR count). The van der Waals surface area contributed by atoms with E-state index < -0.39 is 0 Å². The van der Waals surface area contributed by atoms with Gasteiger partial charge in [-0.3, -0.25) is 15.0 Å². The molecule has 0 aromatic carbocycles. The summed E-state index contributed by atoms with van der Waals surface area (Å²) in [5.41, 5.74) is 4.94. The standard InChI is InChI=1S/C18H18N4/c1-5-14(11-19-7-1)17-13(4-2-8-20-17)10-15-12-22-18-16(15)6-3-9-21-18/h1,3,5-7,9-12,16,18,20H,2,4,8H2. The maximum atomic E-state index is 4.50. The van der Waals surface area contributed by atoms with Gasteiger partial charge < -0.3 is 5.32 Å². The van der Waals surface area contributed by atoms with E-state index in [0.717, 1.165) is 24.9 Å². The van der Waals surface area contributed by atoms with Crippen LogP contribution in [0.15, 0.2) is 63.9 Å². The molecule has 4 heteroatoms. The van der Waals surface area contributed by atoms with Crippen LogP contribution in [0.4, 0.5) is 0 Å². The molecule has 22 heavy (non-hydrogen) atoms. The van der Waals surface area contributed by atoms with Crippen LogP contribution in [0.25, 0.3) is 5.70 Å². The summed E-state index contributed by atoms with van der Waals surface area (Å²) in [6.45, 7) is 1.02. The highest BCUT2D eigenvalue weighted by Gasteiger charge is 2.27. The Morgan fingerprint density at radius 1 is 1.27 bits per heavy atom. The molecule has 1 aromatic rings. The van der Waals surface area contributed by atoms with E-state index in [1.165, 1.54) is 16.8 Å². The van der Waals surface area contributed by atoms with E-state index in [-0.39, 0.29) is 12.1 Å². The lowest BCUT2D eigenvalue weighted by Gasteiger charge is -2.22. The lowest BCUT2D eigenvalue weighted by Crippen LogP contribution is -2.21. The molecule has 0 bridgehead atoms. The van der Waals surface area contributed by atoms with Crippen LogP contribution < -0.4 is 5.32 Å². The number of aliphatic imine (C=N–C) groups is 2. The van der Waals surface area contributed by atoms with Gasteiger partial charge in [0.1, 0.15) is 6.17 Å². The molecule has 3 aliphatic heterocycles. The maximum Gasteiger partial charge on any atom is 0.149 e. The number of rotatable bonds is 2. The second-order valence-electron chi connectivity index (χ2n) is 5.72. The molecule has 0 spiro atoms. The van der Waals surface area contributed by atoms with E-state index >= 15 is 0 Å². The summed E-state index contributed by atoms with van der Waals surface area (Å²) in [4.78, 5) is 13.2. The quantitative estimate of drug-likeness (QED) is 0.910. The summed E-state index contributed by atoms with van der Waals surface area (Å²) < 4.78 is 0. The number of hydrogen-bond acceptors (Lipinski definition) is 4. The van der Waals surface area contributed by atoms with Gasteiger partial charge in [-0.05, 0) is 42.2 Å². The Bertz CT molecular complexity index is 710. The zero-order valence-corrected chi connectivity index (χ0v) is 12.3. The predicted octanol–water partition coefficient (Wildman–Crippen LogP) is 2.77. The molecule has 0 aliphatic carbocycles. The molecule has 0 saturated heterocycles. The van der Waals surface area contributed by atoms with Gasteiger partial charge in [0.05, 0.1) is 0 Å². The van der Waals surface area contributed by atoms with Gasteiger partial charge in [0.2, 0.25) is 0 Å². The van der Waals surface area contributed by atoms with Crippen molar-refractivity contribution in [2.75, 3.05) is 6.54 Å². The number of nitrogens with zero attached hydrogens (tertiary/aromatic N) is 3. The first-order chi connectivity index (χ1) is 10.9. The number of fused-ring (bicyclic) bond motifs is 1. The van der Waals surface area contributed by atoms with Gasteiger partial charge >= 0.3 is 0 Å². The van der Waals surface area contributed by atoms with Crippen LogP contribution in [-0.2, 0) is 0 Å². The first-order valence-corrected chi connectivity index (χ1v) is 7.74.